The number of allylic oxidation sites excluding steroid dienone is 1. The Balaban J connectivity index is 1.23. The summed E-state index contributed by atoms with van der Waals surface area (Å²) in [6, 6.07) is 20.4. The molecule has 2 heterocycles. The predicted molar refractivity (Wildman–Crippen MR) is 123 cm³/mol. The summed E-state index contributed by atoms with van der Waals surface area (Å²) in [6.45, 7) is 5.10. The van der Waals surface area contributed by atoms with Crippen molar-refractivity contribution in [2.45, 2.75) is 31.8 Å². The van der Waals surface area contributed by atoms with E-state index in [9.17, 15) is 9.59 Å². The zero-order chi connectivity index (χ0) is 21.4. The van der Waals surface area contributed by atoms with Crippen LogP contribution in [-0.4, -0.2) is 29.3 Å². The number of fused-ring (bicyclic) bond motifs is 2. The Kier molecular flexibility index (Phi) is 4.94. The van der Waals surface area contributed by atoms with Crippen molar-refractivity contribution in [2.75, 3.05) is 11.9 Å². The van der Waals surface area contributed by atoms with Crippen LogP contribution in [0.5, 0.6) is 0 Å². The average Bonchev–Trinajstić information content (AvgIpc) is 3.09. The van der Waals surface area contributed by atoms with Crippen LogP contribution in [0.25, 0.3) is 10.8 Å². The first-order chi connectivity index (χ1) is 15.1. The Morgan fingerprint density at radius 2 is 1.87 bits per heavy atom. The molecular formula is C26H25N3O2. The van der Waals surface area contributed by atoms with Crippen molar-refractivity contribution < 1.29 is 9.59 Å². The molecule has 1 atom stereocenters. The van der Waals surface area contributed by atoms with E-state index in [1.165, 1.54) is 16.3 Å². The lowest BCUT2D eigenvalue weighted by molar-refractivity contribution is -0.126. The molecule has 2 N–H and O–H groups in total. The maximum absolute atomic E-state index is 12.8. The van der Waals surface area contributed by atoms with E-state index >= 15 is 0 Å². The number of carbonyl (C=O) groups excluding carboxylic acids is 2. The number of hydrogen-bond acceptors (Lipinski definition) is 3. The van der Waals surface area contributed by atoms with Gasteiger partial charge in [-0.05, 0) is 59.4 Å². The SMILES string of the molecule is C=C1CCC(N2Cc3cc(NCCc4ccc5ccccc5c4)ccc3C2=O)C(=O)N1. The fourth-order valence-corrected chi connectivity index (χ4v) is 4.51. The lowest BCUT2D eigenvalue weighted by Crippen LogP contribution is -2.49. The highest BCUT2D eigenvalue weighted by Gasteiger charge is 2.38. The number of benzene rings is 3. The molecule has 5 rings (SSSR count). The molecule has 0 aliphatic carbocycles. The average molecular weight is 412 g/mol. The summed E-state index contributed by atoms with van der Waals surface area (Å²) in [6.07, 6.45) is 2.25. The van der Waals surface area contributed by atoms with Crippen LogP contribution in [0, 0.1) is 0 Å². The fraction of sp³-hybridized carbons (Fsp3) is 0.231. The largest absolute Gasteiger partial charge is 0.385 e. The Bertz CT molecular complexity index is 1200. The second-order valence-electron chi connectivity index (χ2n) is 8.31. The van der Waals surface area contributed by atoms with E-state index in [-0.39, 0.29) is 11.8 Å². The monoisotopic (exact) mass is 411 g/mol. The minimum atomic E-state index is -0.422. The number of rotatable bonds is 5. The molecule has 3 aromatic rings. The molecule has 0 bridgehead atoms. The predicted octanol–water partition coefficient (Wildman–Crippen LogP) is 4.24. The van der Waals surface area contributed by atoms with Crippen molar-refractivity contribution in [3.63, 3.8) is 0 Å². The fourth-order valence-electron chi connectivity index (χ4n) is 4.51. The van der Waals surface area contributed by atoms with E-state index in [1.54, 1.807) is 4.90 Å². The van der Waals surface area contributed by atoms with E-state index in [0.29, 0.717) is 24.9 Å². The van der Waals surface area contributed by atoms with Gasteiger partial charge in [-0.3, -0.25) is 9.59 Å². The quantitative estimate of drug-likeness (QED) is 0.660. The first-order valence-corrected chi connectivity index (χ1v) is 10.7. The Hall–Kier alpha value is -3.60. The van der Waals surface area contributed by atoms with Crippen molar-refractivity contribution in [2.24, 2.45) is 0 Å². The van der Waals surface area contributed by atoms with Crippen LogP contribution in [0.4, 0.5) is 5.69 Å². The molecule has 0 aromatic heterocycles. The van der Waals surface area contributed by atoms with Gasteiger partial charge in [-0.15, -0.1) is 0 Å². The van der Waals surface area contributed by atoms with Gasteiger partial charge >= 0.3 is 0 Å². The molecule has 3 aromatic carbocycles. The molecule has 2 aliphatic heterocycles. The summed E-state index contributed by atoms with van der Waals surface area (Å²) in [5.41, 5.74) is 4.67. The van der Waals surface area contributed by atoms with E-state index in [1.807, 2.05) is 18.2 Å². The zero-order valence-electron chi connectivity index (χ0n) is 17.4. The van der Waals surface area contributed by atoms with Gasteiger partial charge in [-0.1, -0.05) is 49.0 Å². The van der Waals surface area contributed by atoms with Crippen LogP contribution in [0.15, 0.2) is 72.9 Å². The molecule has 1 fully saturated rings. The van der Waals surface area contributed by atoms with Gasteiger partial charge in [-0.2, -0.15) is 0 Å². The second-order valence-corrected chi connectivity index (χ2v) is 8.31. The van der Waals surface area contributed by atoms with Crippen LogP contribution in [0.3, 0.4) is 0 Å². The van der Waals surface area contributed by atoms with Crippen molar-refractivity contribution in [1.29, 1.82) is 0 Å². The highest BCUT2D eigenvalue weighted by Crippen LogP contribution is 2.30. The number of amides is 2. The van der Waals surface area contributed by atoms with Crippen molar-refractivity contribution in [3.8, 4) is 0 Å². The van der Waals surface area contributed by atoms with Gasteiger partial charge in [0, 0.05) is 30.0 Å². The first-order valence-electron chi connectivity index (χ1n) is 10.7. The molecule has 156 valence electrons. The Morgan fingerprint density at radius 1 is 1.03 bits per heavy atom. The molecule has 2 aliphatic rings. The van der Waals surface area contributed by atoms with E-state index in [0.717, 1.165) is 29.9 Å². The third-order valence-electron chi connectivity index (χ3n) is 6.19. The number of anilines is 1. The number of hydrogen-bond donors (Lipinski definition) is 2. The lowest BCUT2D eigenvalue weighted by atomic mass is 10.0. The molecule has 31 heavy (non-hydrogen) atoms. The molecule has 0 saturated carbocycles. The third-order valence-corrected chi connectivity index (χ3v) is 6.19. The Labute approximate surface area is 181 Å². The van der Waals surface area contributed by atoms with Gasteiger partial charge in [0.2, 0.25) is 5.91 Å². The summed E-state index contributed by atoms with van der Waals surface area (Å²) >= 11 is 0. The highest BCUT2D eigenvalue weighted by atomic mass is 16.2. The normalized spacial score (nSPS) is 18.3. The molecule has 5 nitrogen and oxygen atoms in total. The highest BCUT2D eigenvalue weighted by molar-refractivity contribution is 6.01. The summed E-state index contributed by atoms with van der Waals surface area (Å²) in [5.74, 6) is -0.198. The molecule has 0 spiro atoms. The van der Waals surface area contributed by atoms with E-state index in [4.69, 9.17) is 0 Å². The summed E-state index contributed by atoms with van der Waals surface area (Å²) < 4.78 is 0. The molecule has 1 saturated heterocycles. The number of piperidine rings is 1. The van der Waals surface area contributed by atoms with Gasteiger partial charge in [-0.25, -0.2) is 0 Å². The van der Waals surface area contributed by atoms with Crippen molar-refractivity contribution in [1.82, 2.24) is 10.2 Å². The minimum Gasteiger partial charge on any atom is -0.385 e. The van der Waals surface area contributed by atoms with Gasteiger partial charge < -0.3 is 15.5 Å². The molecular weight excluding hydrogens is 386 g/mol. The van der Waals surface area contributed by atoms with Crippen LogP contribution in [0.2, 0.25) is 0 Å². The first kappa shape index (κ1) is 19.4. The smallest absolute Gasteiger partial charge is 0.255 e. The zero-order valence-corrected chi connectivity index (χ0v) is 17.4. The van der Waals surface area contributed by atoms with Crippen LogP contribution < -0.4 is 10.6 Å². The standard InChI is InChI=1S/C26H25N3O2/c1-17-6-11-24(25(30)28-17)29-16-21-15-22(9-10-23(21)26(29)31)27-13-12-18-7-8-19-4-2-3-5-20(19)14-18/h2-5,7-10,14-15,24,27H,1,6,11-13,16H2,(H,28,30). The van der Waals surface area contributed by atoms with Crippen LogP contribution in [-0.2, 0) is 17.8 Å². The number of nitrogens with one attached hydrogen (secondary N) is 2. The molecule has 0 radical (unpaired) electrons. The summed E-state index contributed by atoms with van der Waals surface area (Å²) in [5, 5.41) is 8.76. The van der Waals surface area contributed by atoms with Crippen LogP contribution >= 0.6 is 0 Å². The molecule has 1 unspecified atom stereocenters. The van der Waals surface area contributed by atoms with Crippen molar-refractivity contribution in [3.05, 3.63) is 89.6 Å². The molecule has 5 heteroatoms. The summed E-state index contributed by atoms with van der Waals surface area (Å²) in [4.78, 5) is 26.9. The maximum atomic E-state index is 12.8. The van der Waals surface area contributed by atoms with E-state index in [2.05, 4.69) is 59.7 Å². The number of nitrogens with zero attached hydrogens (tertiary/aromatic N) is 1. The lowest BCUT2D eigenvalue weighted by Gasteiger charge is -2.30. The minimum absolute atomic E-state index is 0.0645. The van der Waals surface area contributed by atoms with Gasteiger partial charge in [0.15, 0.2) is 0 Å². The van der Waals surface area contributed by atoms with E-state index < -0.39 is 6.04 Å². The number of carbonyl (C=O) groups is 2. The summed E-state index contributed by atoms with van der Waals surface area (Å²) in [7, 11) is 0. The van der Waals surface area contributed by atoms with Gasteiger partial charge in [0.25, 0.3) is 5.91 Å². The topological polar surface area (TPSA) is 61.4 Å². The van der Waals surface area contributed by atoms with Crippen LogP contribution in [0.1, 0.15) is 34.3 Å². The van der Waals surface area contributed by atoms with Crippen molar-refractivity contribution >= 4 is 28.3 Å². The van der Waals surface area contributed by atoms with Gasteiger partial charge in [0.05, 0.1) is 0 Å². The molecule has 2 amide bonds. The third kappa shape index (κ3) is 3.79. The van der Waals surface area contributed by atoms with Gasteiger partial charge in [0.1, 0.15) is 6.04 Å². The Morgan fingerprint density at radius 3 is 2.71 bits per heavy atom. The maximum Gasteiger partial charge on any atom is 0.255 e. The second kappa shape index (κ2) is 7.91.